The summed E-state index contributed by atoms with van der Waals surface area (Å²) < 4.78 is 30.2. The molecule has 0 radical (unpaired) electrons. The maximum Gasteiger partial charge on any atom is 0.306 e. The molecule has 0 saturated carbocycles. The zero-order valence-electron chi connectivity index (χ0n) is 49.2. The monoisotopic (exact) mass is 1070 g/mol. The topological polar surface area (TPSA) is 114 Å². The predicted molar refractivity (Wildman–Crippen MR) is 321 cm³/mol. The number of phosphoric ester groups is 1. The Morgan fingerprint density at radius 1 is 0.480 bits per heavy atom. The Kier molecular flexibility index (Phi) is 52.1. The summed E-state index contributed by atoms with van der Waals surface area (Å²) in [6.07, 6.45) is 72.3. The molecule has 432 valence electrons. The molecular formula is C65H115N2O7P. The van der Waals surface area contributed by atoms with Gasteiger partial charge in [-0.2, -0.15) is 0 Å². The molecule has 0 aromatic heterocycles. The van der Waals surface area contributed by atoms with Gasteiger partial charge in [0.2, 0.25) is 5.91 Å². The summed E-state index contributed by atoms with van der Waals surface area (Å²) in [6.45, 7) is 6.65. The maximum atomic E-state index is 13.5. The molecule has 0 aromatic rings. The van der Waals surface area contributed by atoms with Crippen molar-refractivity contribution in [3.63, 3.8) is 0 Å². The van der Waals surface area contributed by atoms with E-state index in [9.17, 15) is 19.0 Å². The van der Waals surface area contributed by atoms with E-state index in [4.69, 9.17) is 13.8 Å². The number of amides is 1. The van der Waals surface area contributed by atoms with Crippen LogP contribution in [0.2, 0.25) is 0 Å². The van der Waals surface area contributed by atoms with Gasteiger partial charge in [-0.1, -0.05) is 260 Å². The lowest BCUT2D eigenvalue weighted by Crippen LogP contribution is -2.47. The van der Waals surface area contributed by atoms with E-state index in [1.165, 1.54) is 141 Å². The summed E-state index contributed by atoms with van der Waals surface area (Å²) in [5.41, 5.74) is 0. The lowest BCUT2D eigenvalue weighted by Gasteiger charge is -2.30. The molecule has 0 aromatic carbocycles. The molecule has 0 aliphatic carbocycles. The minimum Gasteiger partial charge on any atom is -0.756 e. The van der Waals surface area contributed by atoms with Crippen molar-refractivity contribution in [1.82, 2.24) is 5.32 Å². The van der Waals surface area contributed by atoms with Crippen LogP contribution < -0.4 is 10.2 Å². The fraction of sp³-hybridized carbons (Fsp3) is 0.723. The van der Waals surface area contributed by atoms with Crippen LogP contribution in [0.1, 0.15) is 252 Å². The fourth-order valence-corrected chi connectivity index (χ4v) is 9.15. The Bertz CT molecular complexity index is 1610. The predicted octanol–water partition coefficient (Wildman–Crippen LogP) is 18.1. The highest BCUT2D eigenvalue weighted by molar-refractivity contribution is 7.45. The molecule has 0 rings (SSSR count). The van der Waals surface area contributed by atoms with Gasteiger partial charge < -0.3 is 28.5 Å². The number of unbranched alkanes of at least 4 members (excludes halogenated alkanes) is 29. The summed E-state index contributed by atoms with van der Waals surface area (Å²) in [7, 11) is 1.15. The second kappa shape index (κ2) is 54.3. The first-order chi connectivity index (χ1) is 36.4. The van der Waals surface area contributed by atoms with E-state index in [2.05, 4.69) is 50.4 Å². The zero-order valence-corrected chi connectivity index (χ0v) is 50.1. The molecule has 75 heavy (non-hydrogen) atoms. The van der Waals surface area contributed by atoms with Crippen LogP contribution in [-0.2, 0) is 27.9 Å². The number of hydrogen-bond acceptors (Lipinski definition) is 7. The number of carbonyl (C=O) groups excluding carboxylic acids is 2. The minimum atomic E-state index is -4.71. The number of carbonyl (C=O) groups is 2. The van der Waals surface area contributed by atoms with Gasteiger partial charge in [-0.15, -0.1) is 0 Å². The molecule has 1 N–H and O–H groups in total. The number of phosphoric acid groups is 1. The number of likely N-dealkylation sites (N-methyl/N-ethyl adjacent to an activating group) is 1. The summed E-state index contributed by atoms with van der Waals surface area (Å²) in [6, 6.07) is -0.912. The van der Waals surface area contributed by atoms with E-state index in [0.29, 0.717) is 23.9 Å². The Morgan fingerprint density at radius 3 is 1.33 bits per heavy atom. The van der Waals surface area contributed by atoms with Crippen molar-refractivity contribution in [2.24, 2.45) is 0 Å². The fourth-order valence-electron chi connectivity index (χ4n) is 8.43. The average Bonchev–Trinajstić information content (AvgIpc) is 3.37. The molecule has 10 heteroatoms. The molecule has 3 unspecified atom stereocenters. The standard InChI is InChI=1S/C65H115N2O7P/c1-7-10-13-16-19-22-25-27-29-31-32-33-34-36-37-39-42-45-48-51-54-57-64(68)66-62(61-73-75(70,71)72-60-59-67(4,5)6)63(56-53-50-47-44-41-24-21-18-15-12-9-3)74-65(69)58-55-52-49-46-43-40-38-35-30-28-26-23-20-17-14-11-8-2/h11,14,17,20,23,26-30,35,38,40,43,53,56,62-63H,7-10,12-13,15-16,18-19,21-22,24-25,31-34,36-37,39,41-42,44-52,54-55,57-61H2,1-6H3,(H-,66,68,70,71)/b14-11-,20-17+,26-23+,29-27+,30-28-,38-35+,43-40+,56-53-. The zero-order chi connectivity index (χ0) is 55.0. The number of ether oxygens (including phenoxy) is 1. The van der Waals surface area contributed by atoms with Crippen LogP contribution in [0.4, 0.5) is 0 Å². The molecule has 9 nitrogen and oxygen atoms in total. The molecule has 0 aliphatic heterocycles. The van der Waals surface area contributed by atoms with Crippen molar-refractivity contribution in [2.45, 2.75) is 264 Å². The molecule has 0 fully saturated rings. The number of rotatable bonds is 54. The second-order valence-corrected chi connectivity index (χ2v) is 23.0. The summed E-state index contributed by atoms with van der Waals surface area (Å²) in [5, 5.41) is 3.01. The van der Waals surface area contributed by atoms with Gasteiger partial charge in [-0.3, -0.25) is 14.2 Å². The largest absolute Gasteiger partial charge is 0.756 e. The minimum absolute atomic E-state index is 0.0343. The van der Waals surface area contributed by atoms with Crippen molar-refractivity contribution >= 4 is 19.7 Å². The van der Waals surface area contributed by atoms with Crippen LogP contribution in [0, 0.1) is 0 Å². The van der Waals surface area contributed by atoms with Crippen molar-refractivity contribution in [3.05, 3.63) is 97.2 Å². The Morgan fingerprint density at radius 2 is 0.867 bits per heavy atom. The van der Waals surface area contributed by atoms with E-state index >= 15 is 0 Å². The van der Waals surface area contributed by atoms with E-state index in [0.717, 1.165) is 70.6 Å². The molecule has 0 heterocycles. The van der Waals surface area contributed by atoms with Crippen LogP contribution in [0.25, 0.3) is 0 Å². The van der Waals surface area contributed by atoms with E-state index in [1.54, 1.807) is 0 Å². The van der Waals surface area contributed by atoms with Crippen LogP contribution in [0.15, 0.2) is 97.2 Å². The van der Waals surface area contributed by atoms with Gasteiger partial charge in [0.1, 0.15) is 19.3 Å². The lowest BCUT2D eigenvalue weighted by molar-refractivity contribution is -0.870. The van der Waals surface area contributed by atoms with Gasteiger partial charge in [0, 0.05) is 12.8 Å². The highest BCUT2D eigenvalue weighted by Gasteiger charge is 2.27. The number of allylic oxidation sites excluding steroid dienone is 15. The second-order valence-electron chi connectivity index (χ2n) is 21.6. The van der Waals surface area contributed by atoms with Crippen LogP contribution in [0.3, 0.4) is 0 Å². The van der Waals surface area contributed by atoms with E-state index in [-0.39, 0.29) is 24.9 Å². The van der Waals surface area contributed by atoms with Gasteiger partial charge in [0.15, 0.2) is 0 Å². The normalized spacial score (nSPS) is 14.4. The van der Waals surface area contributed by atoms with Crippen molar-refractivity contribution < 1.29 is 37.3 Å². The van der Waals surface area contributed by atoms with Crippen LogP contribution in [0.5, 0.6) is 0 Å². The molecular weight excluding hydrogens is 952 g/mol. The molecule has 1 amide bonds. The highest BCUT2D eigenvalue weighted by Crippen LogP contribution is 2.38. The van der Waals surface area contributed by atoms with Gasteiger partial charge in [-0.05, 0) is 76.7 Å². The Balaban J connectivity index is 5.28. The maximum absolute atomic E-state index is 13.5. The Labute approximate surface area is 462 Å². The first kappa shape index (κ1) is 71.9. The van der Waals surface area contributed by atoms with Crippen molar-refractivity contribution in [1.29, 1.82) is 0 Å². The molecule has 0 spiro atoms. The molecule has 0 saturated heterocycles. The smallest absolute Gasteiger partial charge is 0.306 e. The van der Waals surface area contributed by atoms with E-state index in [1.807, 2.05) is 94.1 Å². The first-order valence-electron chi connectivity index (χ1n) is 30.6. The summed E-state index contributed by atoms with van der Waals surface area (Å²) >= 11 is 0. The first-order valence-corrected chi connectivity index (χ1v) is 32.1. The van der Waals surface area contributed by atoms with Crippen molar-refractivity contribution in [2.75, 3.05) is 40.9 Å². The molecule has 0 aliphatic rings. The summed E-state index contributed by atoms with van der Waals surface area (Å²) in [4.78, 5) is 39.9. The number of hydrogen-bond donors (Lipinski definition) is 1. The van der Waals surface area contributed by atoms with E-state index < -0.39 is 26.6 Å². The van der Waals surface area contributed by atoms with Gasteiger partial charge in [-0.25, -0.2) is 0 Å². The third kappa shape index (κ3) is 55.5. The number of esters is 1. The third-order valence-corrected chi connectivity index (χ3v) is 14.1. The number of quaternary nitrogens is 1. The Hall–Kier alpha value is -3.07. The lowest BCUT2D eigenvalue weighted by atomic mass is 10.0. The van der Waals surface area contributed by atoms with Gasteiger partial charge in [0.25, 0.3) is 7.82 Å². The quantitative estimate of drug-likeness (QED) is 0.0161. The molecule has 3 atom stereocenters. The highest BCUT2D eigenvalue weighted by atomic mass is 31.2. The van der Waals surface area contributed by atoms with Gasteiger partial charge >= 0.3 is 5.97 Å². The number of nitrogens with zero attached hydrogens (tertiary/aromatic N) is 1. The third-order valence-electron chi connectivity index (χ3n) is 13.2. The summed E-state index contributed by atoms with van der Waals surface area (Å²) in [5.74, 6) is -0.596. The number of nitrogens with one attached hydrogen (secondary N) is 1. The molecule has 0 bridgehead atoms. The van der Waals surface area contributed by atoms with Crippen LogP contribution in [-0.4, -0.2) is 69.4 Å². The van der Waals surface area contributed by atoms with Crippen molar-refractivity contribution in [3.8, 4) is 0 Å². The average molecular weight is 1070 g/mol. The van der Waals surface area contributed by atoms with Gasteiger partial charge in [0.05, 0.1) is 33.8 Å². The SMILES string of the molecule is CC\C=C/C=C/C=C/C=C\C=C\C=C\CCCCCC(=O)OC(/C=C\CCCCCCCCCCC)C(COP(=O)([O-])OCC[N+](C)(C)C)NC(=O)CCCCCCCCCCCCC/C=C/CCCCCCCC. The van der Waals surface area contributed by atoms with Crippen LogP contribution >= 0.6 is 7.82 Å².